The van der Waals surface area contributed by atoms with Gasteiger partial charge in [-0.25, -0.2) is 0 Å². The number of halogens is 3. The van der Waals surface area contributed by atoms with E-state index in [1.807, 2.05) is 35.6 Å². The first-order valence-corrected chi connectivity index (χ1v) is 11.7. The number of alkyl halides is 3. The Hall–Kier alpha value is -3.15. The van der Waals surface area contributed by atoms with E-state index < -0.39 is 34.8 Å². The number of carbonyl (C=O) groups is 1. The molecule has 3 atom stereocenters. The van der Waals surface area contributed by atoms with Crippen molar-refractivity contribution in [1.82, 2.24) is 10.6 Å². The molecule has 3 aromatic rings. The summed E-state index contributed by atoms with van der Waals surface area (Å²) in [6, 6.07) is 15.6. The van der Waals surface area contributed by atoms with E-state index in [9.17, 15) is 23.1 Å². The molecule has 0 saturated carbocycles. The predicted octanol–water partition coefficient (Wildman–Crippen LogP) is 4.60. The first-order chi connectivity index (χ1) is 16.6. The number of carbonyl (C=O) groups excluding carboxylic acids is 1. The zero-order chi connectivity index (χ0) is 25.2. The molecule has 6 nitrogen and oxygen atoms in total. The Morgan fingerprint density at radius 3 is 2.51 bits per heavy atom. The van der Waals surface area contributed by atoms with Gasteiger partial charge in [-0.2, -0.15) is 13.2 Å². The van der Waals surface area contributed by atoms with Gasteiger partial charge in [0.15, 0.2) is 22.4 Å². The van der Waals surface area contributed by atoms with Crippen LogP contribution in [0.2, 0.25) is 0 Å². The minimum absolute atomic E-state index is 0.0777. The number of benzene rings is 2. The lowest BCUT2D eigenvalue weighted by atomic mass is 9.78. The van der Waals surface area contributed by atoms with E-state index in [2.05, 4.69) is 5.32 Å². The molecule has 1 aromatic heterocycles. The Balaban J connectivity index is 1.72. The second kappa shape index (κ2) is 9.84. The molecular formula is C24H21F3N2O4S2. The molecule has 2 heterocycles. The van der Waals surface area contributed by atoms with Crippen molar-refractivity contribution >= 4 is 34.5 Å². The van der Waals surface area contributed by atoms with Gasteiger partial charge in [-0.1, -0.05) is 42.5 Å². The van der Waals surface area contributed by atoms with Crippen molar-refractivity contribution in [3.8, 4) is 11.5 Å². The lowest BCUT2D eigenvalue weighted by Crippen LogP contribution is -2.72. The van der Waals surface area contributed by atoms with Crippen molar-refractivity contribution in [1.29, 1.82) is 0 Å². The van der Waals surface area contributed by atoms with Crippen LogP contribution in [-0.4, -0.2) is 35.0 Å². The Kier molecular flexibility index (Phi) is 7.02. The van der Waals surface area contributed by atoms with Crippen LogP contribution in [0.25, 0.3) is 0 Å². The maximum Gasteiger partial charge on any atom is 0.437 e. The number of methoxy groups -OCH3 is 1. The number of thiocarbonyl (C=S) groups is 1. The minimum Gasteiger partial charge on any atom is -0.493 e. The van der Waals surface area contributed by atoms with Crippen molar-refractivity contribution < 1.29 is 32.5 Å². The molecule has 0 amide bonds. The van der Waals surface area contributed by atoms with E-state index in [0.717, 1.165) is 16.9 Å². The van der Waals surface area contributed by atoms with Crippen LogP contribution in [0.3, 0.4) is 0 Å². The standard InChI is InChI=1S/C24H21F3N2O4S2/c1-32-17-12-15(9-10-16(17)33-13-14-6-3-2-4-7-14)20-19(21(30)18-8-5-11-35-18)23(31,24(25,26)27)29-22(34)28-20/h2-12,19-20,31H,13H2,1H3,(H2,28,29,34)/t19-,20+,23+/m0/s1. The van der Waals surface area contributed by atoms with E-state index in [-0.39, 0.29) is 22.8 Å². The van der Waals surface area contributed by atoms with Gasteiger partial charge in [-0.15, -0.1) is 11.3 Å². The highest BCUT2D eigenvalue weighted by Crippen LogP contribution is 2.45. The molecule has 3 N–H and O–H groups in total. The quantitative estimate of drug-likeness (QED) is 0.309. The zero-order valence-corrected chi connectivity index (χ0v) is 20.0. The largest absolute Gasteiger partial charge is 0.493 e. The minimum atomic E-state index is -5.20. The molecule has 0 aliphatic carbocycles. The van der Waals surface area contributed by atoms with E-state index in [0.29, 0.717) is 5.75 Å². The second-order valence-corrected chi connectivity index (χ2v) is 9.20. The molecule has 1 aliphatic rings. The summed E-state index contributed by atoms with van der Waals surface area (Å²) in [5.41, 5.74) is -2.41. The SMILES string of the molecule is COc1cc([C@H]2NC(=S)N[C@](O)(C(F)(F)F)[C@@H]2C(=O)c2cccs2)ccc1OCc1ccccc1. The van der Waals surface area contributed by atoms with Gasteiger partial charge in [-0.3, -0.25) is 4.79 Å². The van der Waals surface area contributed by atoms with Crippen molar-refractivity contribution in [2.24, 2.45) is 5.92 Å². The lowest BCUT2D eigenvalue weighted by molar-refractivity contribution is -0.285. The predicted molar refractivity (Wildman–Crippen MR) is 129 cm³/mol. The highest BCUT2D eigenvalue weighted by atomic mass is 32.1. The van der Waals surface area contributed by atoms with Gasteiger partial charge in [0.25, 0.3) is 0 Å². The fraction of sp³-hybridized carbons (Fsp3) is 0.250. The summed E-state index contributed by atoms with van der Waals surface area (Å²) in [5, 5.41) is 16.5. The molecule has 2 aromatic carbocycles. The van der Waals surface area contributed by atoms with E-state index >= 15 is 0 Å². The molecule has 0 spiro atoms. The number of aliphatic hydroxyl groups is 1. The molecule has 1 aliphatic heterocycles. The van der Waals surface area contributed by atoms with Crippen LogP contribution in [0.4, 0.5) is 13.2 Å². The lowest BCUT2D eigenvalue weighted by Gasteiger charge is -2.46. The number of rotatable bonds is 7. The summed E-state index contributed by atoms with van der Waals surface area (Å²) >= 11 is 5.96. The highest BCUT2D eigenvalue weighted by molar-refractivity contribution is 7.80. The Morgan fingerprint density at radius 2 is 1.89 bits per heavy atom. The fourth-order valence-corrected chi connectivity index (χ4v) is 4.91. The van der Waals surface area contributed by atoms with Crippen LogP contribution < -0.4 is 20.1 Å². The van der Waals surface area contributed by atoms with Gasteiger partial charge in [0.2, 0.25) is 5.72 Å². The number of hydrogen-bond acceptors (Lipinski definition) is 6. The summed E-state index contributed by atoms with van der Waals surface area (Å²) in [5.74, 6) is -2.24. The molecule has 1 fully saturated rings. The molecule has 1 saturated heterocycles. The molecule has 4 rings (SSSR count). The van der Waals surface area contributed by atoms with Crippen LogP contribution in [0.5, 0.6) is 11.5 Å². The normalized spacial score (nSPS) is 22.1. The second-order valence-electron chi connectivity index (χ2n) is 7.84. The number of ether oxygens (including phenoxy) is 2. The zero-order valence-electron chi connectivity index (χ0n) is 18.3. The summed E-state index contributed by atoms with van der Waals surface area (Å²) in [7, 11) is 1.40. The van der Waals surface area contributed by atoms with Crippen molar-refractivity contribution in [2.75, 3.05) is 7.11 Å². The van der Waals surface area contributed by atoms with Gasteiger partial charge in [0.1, 0.15) is 12.5 Å². The van der Waals surface area contributed by atoms with Crippen LogP contribution in [-0.2, 0) is 6.61 Å². The molecule has 184 valence electrons. The molecule has 0 radical (unpaired) electrons. The van der Waals surface area contributed by atoms with E-state index in [1.165, 1.54) is 25.3 Å². The van der Waals surface area contributed by atoms with Crippen LogP contribution in [0.1, 0.15) is 26.8 Å². The summed E-state index contributed by atoms with van der Waals surface area (Å²) in [6.07, 6.45) is -5.20. The Labute approximate surface area is 208 Å². The summed E-state index contributed by atoms with van der Waals surface area (Å²) in [4.78, 5) is 13.3. The van der Waals surface area contributed by atoms with Crippen molar-refractivity contribution in [2.45, 2.75) is 24.6 Å². The topological polar surface area (TPSA) is 79.8 Å². The van der Waals surface area contributed by atoms with E-state index in [1.54, 1.807) is 17.5 Å². The summed E-state index contributed by atoms with van der Waals surface area (Å²) in [6.45, 7) is 0.250. The van der Waals surface area contributed by atoms with Crippen molar-refractivity contribution in [3.05, 3.63) is 82.0 Å². The summed E-state index contributed by atoms with van der Waals surface area (Å²) < 4.78 is 53.6. The molecule has 0 unspecified atom stereocenters. The average molecular weight is 523 g/mol. The van der Waals surface area contributed by atoms with Crippen LogP contribution >= 0.6 is 23.6 Å². The first-order valence-electron chi connectivity index (χ1n) is 10.4. The smallest absolute Gasteiger partial charge is 0.437 e. The Bertz CT molecular complexity index is 1210. The van der Waals surface area contributed by atoms with Gasteiger partial charge >= 0.3 is 6.18 Å². The number of thiophene rings is 1. The van der Waals surface area contributed by atoms with Gasteiger partial charge < -0.3 is 25.2 Å². The molecule has 0 bridgehead atoms. The fourth-order valence-electron chi connectivity index (χ4n) is 3.92. The number of ketones is 1. The highest BCUT2D eigenvalue weighted by Gasteiger charge is 2.65. The third-order valence-electron chi connectivity index (χ3n) is 5.64. The molecular weight excluding hydrogens is 501 g/mol. The maximum absolute atomic E-state index is 14.1. The maximum atomic E-state index is 14.1. The number of Topliss-reactive ketones (excluding diaryl/α,β-unsaturated/α-hetero) is 1. The molecule has 35 heavy (non-hydrogen) atoms. The Morgan fingerprint density at radius 1 is 1.14 bits per heavy atom. The average Bonchev–Trinajstić information content (AvgIpc) is 3.37. The van der Waals surface area contributed by atoms with Gasteiger partial charge in [0, 0.05) is 0 Å². The van der Waals surface area contributed by atoms with E-state index in [4.69, 9.17) is 21.7 Å². The van der Waals surface area contributed by atoms with Gasteiger partial charge in [0.05, 0.1) is 18.0 Å². The van der Waals surface area contributed by atoms with Crippen LogP contribution in [0, 0.1) is 5.92 Å². The number of hydrogen-bond donors (Lipinski definition) is 3. The van der Waals surface area contributed by atoms with Gasteiger partial charge in [-0.05, 0) is 46.9 Å². The third kappa shape index (κ3) is 4.97. The monoisotopic (exact) mass is 522 g/mol. The first kappa shape index (κ1) is 25.0. The van der Waals surface area contributed by atoms with Crippen molar-refractivity contribution in [3.63, 3.8) is 0 Å². The van der Waals surface area contributed by atoms with Crippen LogP contribution in [0.15, 0.2) is 66.0 Å². The third-order valence-corrected chi connectivity index (χ3v) is 6.74. The number of nitrogens with one attached hydrogen (secondary N) is 2. The molecule has 11 heteroatoms.